The van der Waals surface area contributed by atoms with Crippen molar-refractivity contribution in [2.24, 2.45) is 5.10 Å². The highest BCUT2D eigenvalue weighted by Crippen LogP contribution is 2.24. The molecule has 2 aromatic rings. The molecular formula is C11H7Cl2N3O3. The van der Waals surface area contributed by atoms with Gasteiger partial charge < -0.3 is 4.42 Å². The minimum Gasteiger partial charge on any atom is -0.400 e. The van der Waals surface area contributed by atoms with Crippen molar-refractivity contribution in [1.29, 1.82) is 0 Å². The van der Waals surface area contributed by atoms with Crippen LogP contribution in [-0.4, -0.2) is 11.1 Å². The lowest BCUT2D eigenvalue weighted by molar-refractivity contribution is -0.402. The number of furan rings is 1. The number of nitrogens with one attached hydrogen (secondary N) is 1. The average molecular weight is 300 g/mol. The summed E-state index contributed by atoms with van der Waals surface area (Å²) in [7, 11) is 0. The van der Waals surface area contributed by atoms with Gasteiger partial charge in [0.25, 0.3) is 0 Å². The van der Waals surface area contributed by atoms with E-state index in [-0.39, 0.29) is 11.6 Å². The third-order valence-corrected chi connectivity index (χ3v) is 2.84. The first-order chi connectivity index (χ1) is 9.06. The number of benzene rings is 1. The second-order valence-corrected chi connectivity index (χ2v) is 4.25. The molecule has 19 heavy (non-hydrogen) atoms. The van der Waals surface area contributed by atoms with Gasteiger partial charge in [-0.3, -0.25) is 15.5 Å². The molecular weight excluding hydrogens is 293 g/mol. The van der Waals surface area contributed by atoms with Crippen LogP contribution in [0.4, 0.5) is 11.6 Å². The molecule has 0 aliphatic rings. The molecule has 0 saturated heterocycles. The van der Waals surface area contributed by atoms with E-state index in [9.17, 15) is 10.1 Å². The number of nitrogens with zero attached hydrogens (tertiary/aromatic N) is 2. The maximum atomic E-state index is 10.4. The molecule has 6 nitrogen and oxygen atoms in total. The van der Waals surface area contributed by atoms with Gasteiger partial charge in [-0.05, 0) is 24.3 Å². The summed E-state index contributed by atoms with van der Waals surface area (Å²) in [5, 5.41) is 15.1. The molecule has 8 heteroatoms. The Morgan fingerprint density at radius 2 is 2.05 bits per heavy atom. The summed E-state index contributed by atoms with van der Waals surface area (Å²) >= 11 is 11.6. The minimum absolute atomic E-state index is 0.263. The van der Waals surface area contributed by atoms with Crippen LogP contribution in [-0.2, 0) is 0 Å². The monoisotopic (exact) mass is 299 g/mol. The van der Waals surface area contributed by atoms with Gasteiger partial charge in [-0.25, -0.2) is 0 Å². The highest BCUT2D eigenvalue weighted by molar-refractivity contribution is 6.42. The first-order valence-corrected chi connectivity index (χ1v) is 5.80. The summed E-state index contributed by atoms with van der Waals surface area (Å²) in [5.41, 5.74) is 3.33. The zero-order valence-corrected chi connectivity index (χ0v) is 10.9. The molecule has 0 unspecified atom stereocenters. The molecule has 0 aliphatic carbocycles. The van der Waals surface area contributed by atoms with Crippen LogP contribution in [0.5, 0.6) is 0 Å². The average Bonchev–Trinajstić information content (AvgIpc) is 2.83. The van der Waals surface area contributed by atoms with Gasteiger partial charge in [-0.1, -0.05) is 23.2 Å². The van der Waals surface area contributed by atoms with E-state index in [1.807, 2.05) is 0 Å². The molecule has 1 aromatic heterocycles. The topological polar surface area (TPSA) is 80.7 Å². The SMILES string of the molecule is O=[N+]([O-])c1ccc(C=NNc2ccc(Cl)c(Cl)c2)o1. The van der Waals surface area contributed by atoms with Crippen LogP contribution in [0.1, 0.15) is 5.76 Å². The Labute approximate surface area is 117 Å². The van der Waals surface area contributed by atoms with Crippen LogP contribution in [0.3, 0.4) is 0 Å². The molecule has 0 amide bonds. The molecule has 1 N–H and O–H groups in total. The summed E-state index contributed by atoms with van der Waals surface area (Å²) in [6.45, 7) is 0. The van der Waals surface area contributed by atoms with Crippen LogP contribution >= 0.6 is 23.2 Å². The summed E-state index contributed by atoms with van der Waals surface area (Å²) < 4.78 is 4.89. The van der Waals surface area contributed by atoms with E-state index in [4.69, 9.17) is 27.6 Å². The maximum Gasteiger partial charge on any atom is 0.433 e. The van der Waals surface area contributed by atoms with E-state index in [1.54, 1.807) is 18.2 Å². The molecule has 0 atom stereocenters. The second kappa shape index (κ2) is 5.73. The Kier molecular flexibility index (Phi) is 4.03. The Balaban J connectivity index is 2.02. The Hall–Kier alpha value is -2.05. The van der Waals surface area contributed by atoms with Gasteiger partial charge in [-0.15, -0.1) is 0 Å². The number of hydrazone groups is 1. The van der Waals surface area contributed by atoms with Gasteiger partial charge >= 0.3 is 5.88 Å². The van der Waals surface area contributed by atoms with Crippen LogP contribution in [0.25, 0.3) is 0 Å². The molecule has 0 fully saturated rings. The van der Waals surface area contributed by atoms with Crippen molar-refractivity contribution in [2.45, 2.75) is 0 Å². The Morgan fingerprint density at radius 3 is 2.68 bits per heavy atom. The lowest BCUT2D eigenvalue weighted by atomic mass is 10.3. The van der Waals surface area contributed by atoms with Gasteiger partial charge in [0.1, 0.15) is 4.92 Å². The largest absolute Gasteiger partial charge is 0.433 e. The van der Waals surface area contributed by atoms with Gasteiger partial charge in [0.05, 0.1) is 28.0 Å². The number of rotatable bonds is 4. The van der Waals surface area contributed by atoms with Gasteiger partial charge in [0, 0.05) is 0 Å². The molecule has 0 spiro atoms. The van der Waals surface area contributed by atoms with Crippen molar-refractivity contribution in [3.8, 4) is 0 Å². The molecule has 98 valence electrons. The highest BCUT2D eigenvalue weighted by atomic mass is 35.5. The minimum atomic E-state index is -0.621. The van der Waals surface area contributed by atoms with E-state index in [0.29, 0.717) is 15.7 Å². The first-order valence-electron chi connectivity index (χ1n) is 5.04. The number of hydrogen-bond acceptors (Lipinski definition) is 5. The van der Waals surface area contributed by atoms with Crippen LogP contribution in [0.15, 0.2) is 39.9 Å². The molecule has 1 aromatic carbocycles. The lowest BCUT2D eigenvalue weighted by Gasteiger charge is -2.01. The maximum absolute atomic E-state index is 10.4. The first kappa shape index (κ1) is 13.4. The van der Waals surface area contributed by atoms with E-state index in [0.717, 1.165) is 0 Å². The standard InChI is InChI=1S/C11H7Cl2N3O3/c12-9-3-1-7(5-10(9)13)15-14-6-8-2-4-11(19-8)16(17)18/h1-6,15H. The zero-order valence-electron chi connectivity index (χ0n) is 9.34. The fourth-order valence-corrected chi connectivity index (χ4v) is 1.54. The summed E-state index contributed by atoms with van der Waals surface area (Å²) in [6.07, 6.45) is 1.31. The normalized spacial score (nSPS) is 10.8. The van der Waals surface area contributed by atoms with Gasteiger partial charge in [0.15, 0.2) is 5.76 Å². The lowest BCUT2D eigenvalue weighted by Crippen LogP contribution is -1.89. The third kappa shape index (κ3) is 3.46. The van der Waals surface area contributed by atoms with E-state index < -0.39 is 4.92 Å². The molecule has 2 rings (SSSR count). The van der Waals surface area contributed by atoms with Crippen molar-refractivity contribution in [3.63, 3.8) is 0 Å². The highest BCUT2D eigenvalue weighted by Gasteiger charge is 2.10. The quantitative estimate of drug-likeness (QED) is 0.527. The smallest absolute Gasteiger partial charge is 0.400 e. The Morgan fingerprint density at radius 1 is 1.26 bits per heavy atom. The fraction of sp³-hybridized carbons (Fsp3) is 0. The predicted molar refractivity (Wildman–Crippen MR) is 73.0 cm³/mol. The van der Waals surface area contributed by atoms with E-state index in [1.165, 1.54) is 18.3 Å². The van der Waals surface area contributed by atoms with E-state index >= 15 is 0 Å². The van der Waals surface area contributed by atoms with Crippen LogP contribution < -0.4 is 5.43 Å². The summed E-state index contributed by atoms with van der Waals surface area (Å²) in [6, 6.07) is 7.61. The van der Waals surface area contributed by atoms with Crippen molar-refractivity contribution >= 4 is 41.0 Å². The number of nitro groups is 1. The number of hydrogen-bond donors (Lipinski definition) is 1. The second-order valence-electron chi connectivity index (χ2n) is 3.43. The summed E-state index contributed by atoms with van der Waals surface area (Å²) in [4.78, 5) is 9.78. The van der Waals surface area contributed by atoms with Crippen LogP contribution in [0.2, 0.25) is 10.0 Å². The predicted octanol–water partition coefficient (Wildman–Crippen LogP) is 3.94. The third-order valence-electron chi connectivity index (χ3n) is 2.10. The zero-order chi connectivity index (χ0) is 13.8. The van der Waals surface area contributed by atoms with Gasteiger partial charge in [0.2, 0.25) is 0 Å². The molecule has 0 saturated carbocycles. The molecule has 0 bridgehead atoms. The van der Waals surface area contributed by atoms with Crippen molar-refractivity contribution in [3.05, 3.63) is 56.3 Å². The summed E-state index contributed by atoms with van der Waals surface area (Å²) in [5.74, 6) is -0.0738. The fourth-order valence-electron chi connectivity index (χ4n) is 1.25. The Bertz CT molecular complexity index is 640. The number of halogens is 2. The van der Waals surface area contributed by atoms with Crippen molar-refractivity contribution in [1.82, 2.24) is 0 Å². The van der Waals surface area contributed by atoms with Crippen molar-refractivity contribution in [2.75, 3.05) is 5.43 Å². The molecule has 0 aliphatic heterocycles. The molecule has 1 heterocycles. The van der Waals surface area contributed by atoms with Crippen molar-refractivity contribution < 1.29 is 9.34 Å². The van der Waals surface area contributed by atoms with Gasteiger partial charge in [-0.2, -0.15) is 5.10 Å². The number of anilines is 1. The van der Waals surface area contributed by atoms with E-state index in [2.05, 4.69) is 10.5 Å². The van der Waals surface area contributed by atoms with Crippen LogP contribution in [0, 0.1) is 10.1 Å². The molecule has 0 radical (unpaired) electrons.